The molecule has 0 spiro atoms. The number of nitrogens with zero attached hydrogens (tertiary/aromatic N) is 4. The molecule has 684 valence electrons. The number of esters is 1. The van der Waals surface area contributed by atoms with Crippen molar-refractivity contribution in [3.05, 3.63) is 173 Å². The highest BCUT2D eigenvalue weighted by Gasteiger charge is 2.30. The first kappa shape index (κ1) is 100. The second kappa shape index (κ2) is 61.9. The Morgan fingerprint density at radius 3 is 0.600 bits per heavy atom. The summed E-state index contributed by atoms with van der Waals surface area (Å²) in [4.78, 5) is 34.9. The third kappa shape index (κ3) is 37.8. The van der Waals surface area contributed by atoms with Gasteiger partial charge in [0, 0.05) is 47.4 Å². The highest BCUT2D eigenvalue weighted by atomic mass is 16.5. The van der Waals surface area contributed by atoms with E-state index in [2.05, 4.69) is 169 Å². The van der Waals surface area contributed by atoms with Gasteiger partial charge in [-0.05, 0) is 184 Å². The summed E-state index contributed by atoms with van der Waals surface area (Å²) in [7, 11) is 0. The summed E-state index contributed by atoms with van der Waals surface area (Å²) in [5.41, 5.74) is 13.1. The maximum atomic E-state index is 11.4. The minimum atomic E-state index is -0.237. The highest BCUT2D eigenvalue weighted by Crippen LogP contribution is 2.43. The summed E-state index contributed by atoms with van der Waals surface area (Å²) in [6.45, 7) is 19.8. The van der Waals surface area contributed by atoms with E-state index in [9.17, 15) is 4.79 Å². The van der Waals surface area contributed by atoms with Gasteiger partial charge in [0.15, 0.2) is 0 Å². The molecule has 8 bridgehead atoms. The normalized spacial score (nSPS) is 14.0. The molecule has 5 heterocycles. The molecule has 125 heavy (non-hydrogen) atoms. The third-order valence-corrected chi connectivity index (χ3v) is 24.5. The molecule has 9 rings (SSSR count). The third-order valence-electron chi connectivity index (χ3n) is 24.5. The van der Waals surface area contributed by atoms with Gasteiger partial charge in [-0.25, -0.2) is 20.0 Å². The van der Waals surface area contributed by atoms with Gasteiger partial charge in [-0.2, -0.15) is 0 Å². The minimum Gasteiger partial charge on any atom is -0.494 e. The lowest BCUT2D eigenvalue weighted by molar-refractivity contribution is -0.141. The average molecular weight is 1710 g/mol. The molecule has 5 aliphatic heterocycles. The second-order valence-electron chi connectivity index (χ2n) is 35.5. The van der Waals surface area contributed by atoms with E-state index in [0.717, 1.165) is 233 Å². The first-order valence-electron chi connectivity index (χ1n) is 50.8. The summed E-state index contributed by atoms with van der Waals surface area (Å²) in [6, 6.07) is 27.8. The standard InChI is InChI=1S/C112H162N4O9/c1-8-14-20-26-32-38-44-53-74-120-95-80-91(81-96(86-95)121-75-54-45-39-33-27-21-15-9-2)110-103-66-64-101(113-103)109(90-60-62-94(63-61-90)119-73-59-51-50-52-72-118-89(7)117)102-65-67-104(114-102)111(92-82-97(122-76-55-46-40-34-28-22-16-10-3)87-98(83-92)123-77-56-47-41-35-29-23-17-11-4)106-69-71-108(116-106)112(107-70-68-105(110)115-107)93-84-99(124-78-57-48-42-36-30-24-18-12-5)88-100(85-93)125-79-58-49-43-37-31-25-19-13-6/h60-71,80-88H,8-59,72-79H2,1-7H3. The van der Waals surface area contributed by atoms with Crippen molar-refractivity contribution >= 4 is 51.1 Å². The molecular weight excluding hydrogens is 1550 g/mol. The summed E-state index contributed by atoms with van der Waals surface area (Å²) in [5, 5.41) is 0. The molecule has 0 N–H and O–H groups in total. The zero-order valence-electron chi connectivity index (χ0n) is 79.0. The number of hydrogen-bond acceptors (Lipinski definition) is 13. The monoisotopic (exact) mass is 1710 g/mol. The topological polar surface area (TPSA) is 140 Å². The van der Waals surface area contributed by atoms with Crippen molar-refractivity contribution < 1.29 is 42.7 Å². The van der Waals surface area contributed by atoms with Crippen LogP contribution < -0.4 is 33.2 Å². The van der Waals surface area contributed by atoms with Gasteiger partial charge >= 0.3 is 5.97 Å². The van der Waals surface area contributed by atoms with Crippen LogP contribution in [0.15, 0.2) is 170 Å². The van der Waals surface area contributed by atoms with Crippen molar-refractivity contribution in [3.63, 3.8) is 0 Å². The lowest BCUT2D eigenvalue weighted by atomic mass is 9.97. The molecule has 0 saturated carbocycles. The molecule has 0 aliphatic carbocycles. The number of unbranched alkanes of at least 4 members (excludes halogenated alkanes) is 45. The Hall–Kier alpha value is -8.45. The van der Waals surface area contributed by atoms with Crippen LogP contribution >= 0.6 is 0 Å². The summed E-state index contributed by atoms with van der Waals surface area (Å²) >= 11 is 0. The Morgan fingerprint density at radius 2 is 0.392 bits per heavy atom. The molecule has 0 aromatic heterocycles. The van der Waals surface area contributed by atoms with Crippen molar-refractivity contribution in [2.75, 3.05) is 52.9 Å². The Labute approximate surface area is 757 Å². The molecule has 0 amide bonds. The molecule has 0 unspecified atom stereocenters. The van der Waals surface area contributed by atoms with Crippen LogP contribution in [0.4, 0.5) is 0 Å². The minimum absolute atomic E-state index is 0.237. The van der Waals surface area contributed by atoms with Crippen molar-refractivity contribution in [1.82, 2.24) is 0 Å². The van der Waals surface area contributed by atoms with Crippen molar-refractivity contribution in [3.8, 4) is 40.2 Å². The van der Waals surface area contributed by atoms with Crippen LogP contribution in [0.2, 0.25) is 0 Å². The van der Waals surface area contributed by atoms with Gasteiger partial charge in [-0.15, -0.1) is 0 Å². The molecule has 5 aliphatic rings. The van der Waals surface area contributed by atoms with Crippen molar-refractivity contribution in [2.45, 2.75) is 382 Å². The van der Waals surface area contributed by atoms with Gasteiger partial charge in [0.2, 0.25) is 0 Å². The van der Waals surface area contributed by atoms with E-state index in [0.29, 0.717) is 52.9 Å². The predicted octanol–water partition coefficient (Wildman–Crippen LogP) is 32.3. The molecule has 13 heteroatoms. The number of aliphatic imine (C=N–C) groups is 4. The molecule has 0 fully saturated rings. The van der Waals surface area contributed by atoms with Crippen molar-refractivity contribution in [1.29, 1.82) is 0 Å². The van der Waals surface area contributed by atoms with E-state index in [1.807, 2.05) is 0 Å². The SMILES string of the molecule is CCCCCCCCCCOc1cc(OCCCCCCCCCC)cc(C2=C3C=CC(=N3)C(c3cc(OCCCCCCCCCC)cc(OCCCCCCCCCC)c3)=C3C=CC(=N3)C(c3cc(OCCCCCCCCCC)cc(OCCCCCCCCCC)c3)=C3C=CC(=N3)C(c3ccc(OCCCCCCOC(C)=O)cc3)=C3C=CC2=N3)c1. The molecule has 4 aromatic carbocycles. The molecule has 13 nitrogen and oxygen atoms in total. The number of carbonyl (C=O) groups is 1. The molecule has 0 radical (unpaired) electrons. The van der Waals surface area contributed by atoms with Gasteiger partial charge in [0.25, 0.3) is 0 Å². The summed E-state index contributed by atoms with van der Waals surface area (Å²) in [5.74, 6) is 5.11. The van der Waals surface area contributed by atoms with Gasteiger partial charge in [0.05, 0.1) is 98.5 Å². The van der Waals surface area contributed by atoms with Crippen LogP contribution in [-0.4, -0.2) is 81.7 Å². The van der Waals surface area contributed by atoms with Crippen LogP contribution in [-0.2, 0) is 9.53 Å². The van der Waals surface area contributed by atoms with E-state index < -0.39 is 0 Å². The van der Waals surface area contributed by atoms with Gasteiger partial charge in [-0.3, -0.25) is 4.79 Å². The number of benzene rings is 4. The number of ether oxygens (including phenoxy) is 8. The zero-order chi connectivity index (χ0) is 87.6. The van der Waals surface area contributed by atoms with Crippen LogP contribution in [0.25, 0.3) is 22.3 Å². The van der Waals surface area contributed by atoms with E-state index in [1.54, 1.807) is 0 Å². The Bertz CT molecular complexity index is 3980. The highest BCUT2D eigenvalue weighted by molar-refractivity contribution is 6.39. The fourth-order valence-electron chi connectivity index (χ4n) is 17.2. The Balaban J connectivity index is 1.22. The largest absolute Gasteiger partial charge is 0.494 e. The summed E-state index contributed by atoms with van der Waals surface area (Å²) < 4.78 is 53.1. The lowest BCUT2D eigenvalue weighted by Gasteiger charge is -2.17. The maximum Gasteiger partial charge on any atom is 0.302 e. The predicted molar refractivity (Wildman–Crippen MR) is 529 cm³/mol. The number of carbonyl (C=O) groups excluding carboxylic acids is 1. The van der Waals surface area contributed by atoms with Crippen LogP contribution in [0.1, 0.15) is 405 Å². The lowest BCUT2D eigenvalue weighted by Crippen LogP contribution is -2.06. The van der Waals surface area contributed by atoms with Gasteiger partial charge < -0.3 is 37.9 Å². The number of allylic oxidation sites excluding steroid dienone is 12. The van der Waals surface area contributed by atoms with E-state index in [-0.39, 0.29) is 5.97 Å². The number of hydrogen-bond donors (Lipinski definition) is 0. The van der Waals surface area contributed by atoms with E-state index in [1.165, 1.54) is 238 Å². The summed E-state index contributed by atoms with van der Waals surface area (Å²) in [6.07, 6.45) is 79.2. The smallest absolute Gasteiger partial charge is 0.302 e. The van der Waals surface area contributed by atoms with Gasteiger partial charge in [-0.1, -0.05) is 323 Å². The first-order valence-corrected chi connectivity index (χ1v) is 50.8. The van der Waals surface area contributed by atoms with Gasteiger partial charge in [0.1, 0.15) is 40.2 Å². The van der Waals surface area contributed by atoms with E-state index >= 15 is 0 Å². The second-order valence-corrected chi connectivity index (χ2v) is 35.5. The van der Waals surface area contributed by atoms with Crippen LogP contribution in [0.3, 0.4) is 0 Å². The van der Waals surface area contributed by atoms with E-state index in [4.69, 9.17) is 57.9 Å². The van der Waals surface area contributed by atoms with Crippen LogP contribution in [0.5, 0.6) is 40.2 Å². The van der Waals surface area contributed by atoms with Crippen LogP contribution in [0, 0.1) is 0 Å². The molecule has 4 aromatic rings. The average Bonchev–Trinajstić information content (AvgIpc) is 1.57. The number of fused-ring (bicyclic) bond motifs is 4. The number of rotatable bonds is 72. The quantitative estimate of drug-likeness (QED) is 0.0312. The maximum absolute atomic E-state index is 11.4. The molecule has 0 atom stereocenters. The Kier molecular flexibility index (Phi) is 49.6. The zero-order valence-corrected chi connectivity index (χ0v) is 79.0. The molecular formula is C112H162N4O9. The molecule has 0 saturated heterocycles. The fourth-order valence-corrected chi connectivity index (χ4v) is 17.2. The van der Waals surface area contributed by atoms with Crippen molar-refractivity contribution in [2.24, 2.45) is 20.0 Å². The first-order chi connectivity index (χ1) is 61.7. The fraction of sp³-hybridized carbons (Fsp3) is 0.598. The Morgan fingerprint density at radius 1 is 0.208 bits per heavy atom.